The zero-order valence-electron chi connectivity index (χ0n) is 11.6. The summed E-state index contributed by atoms with van der Waals surface area (Å²) in [6.07, 6.45) is 1.85. The Bertz CT molecular complexity index is 491. The Morgan fingerprint density at radius 2 is 2.15 bits per heavy atom. The van der Waals surface area contributed by atoms with Crippen LogP contribution in [0.2, 0.25) is 5.02 Å². The highest BCUT2D eigenvalue weighted by atomic mass is 35.5. The standard InChI is InChI=1S/C14H19ClN2O3/c1-3-4-9(2)17-13(18)8-20-14(19)11-7-10(16)5-6-12(11)15/h5-7,9H,3-4,8,16H2,1-2H3,(H,17,18). The van der Waals surface area contributed by atoms with Gasteiger partial charge in [-0.2, -0.15) is 0 Å². The monoisotopic (exact) mass is 298 g/mol. The highest BCUT2D eigenvalue weighted by Gasteiger charge is 2.14. The van der Waals surface area contributed by atoms with Gasteiger partial charge in [-0.25, -0.2) is 4.79 Å². The van der Waals surface area contributed by atoms with Gasteiger partial charge in [0.1, 0.15) is 0 Å². The van der Waals surface area contributed by atoms with Gasteiger partial charge in [0, 0.05) is 11.7 Å². The van der Waals surface area contributed by atoms with Gasteiger partial charge >= 0.3 is 5.97 Å². The summed E-state index contributed by atoms with van der Waals surface area (Å²) >= 11 is 5.88. The van der Waals surface area contributed by atoms with Crippen LogP contribution in [-0.4, -0.2) is 24.5 Å². The van der Waals surface area contributed by atoms with E-state index in [9.17, 15) is 9.59 Å². The van der Waals surface area contributed by atoms with E-state index in [2.05, 4.69) is 5.32 Å². The number of halogens is 1. The van der Waals surface area contributed by atoms with Crippen LogP contribution in [0.1, 0.15) is 37.0 Å². The minimum Gasteiger partial charge on any atom is -0.452 e. The number of ether oxygens (including phenoxy) is 1. The molecule has 0 aliphatic heterocycles. The Balaban J connectivity index is 2.51. The van der Waals surface area contributed by atoms with E-state index in [1.165, 1.54) is 12.1 Å². The predicted molar refractivity (Wildman–Crippen MR) is 78.7 cm³/mol. The van der Waals surface area contributed by atoms with Crippen LogP contribution < -0.4 is 11.1 Å². The molecular weight excluding hydrogens is 280 g/mol. The van der Waals surface area contributed by atoms with E-state index >= 15 is 0 Å². The van der Waals surface area contributed by atoms with Crippen molar-refractivity contribution in [3.8, 4) is 0 Å². The Kier molecular flexibility index (Phi) is 6.31. The van der Waals surface area contributed by atoms with Crippen molar-refractivity contribution >= 4 is 29.2 Å². The topological polar surface area (TPSA) is 81.4 Å². The number of nitrogens with one attached hydrogen (secondary N) is 1. The number of hydrogen-bond acceptors (Lipinski definition) is 4. The van der Waals surface area contributed by atoms with E-state index in [1.54, 1.807) is 6.07 Å². The second kappa shape index (κ2) is 7.75. The molecule has 1 aromatic rings. The Morgan fingerprint density at radius 1 is 1.45 bits per heavy atom. The highest BCUT2D eigenvalue weighted by molar-refractivity contribution is 6.33. The zero-order chi connectivity index (χ0) is 15.1. The maximum absolute atomic E-state index is 11.8. The minimum absolute atomic E-state index is 0.0576. The van der Waals surface area contributed by atoms with Gasteiger partial charge in [0.25, 0.3) is 5.91 Å². The molecule has 0 spiro atoms. The van der Waals surface area contributed by atoms with Crippen LogP contribution in [0.5, 0.6) is 0 Å². The summed E-state index contributed by atoms with van der Waals surface area (Å²) in [6, 6.07) is 4.57. The van der Waals surface area contributed by atoms with E-state index in [-0.39, 0.29) is 29.1 Å². The van der Waals surface area contributed by atoms with Crippen molar-refractivity contribution in [1.82, 2.24) is 5.32 Å². The number of amides is 1. The van der Waals surface area contributed by atoms with Crippen LogP contribution >= 0.6 is 11.6 Å². The Labute approximate surface area is 123 Å². The molecule has 20 heavy (non-hydrogen) atoms. The second-order valence-electron chi connectivity index (χ2n) is 4.57. The molecule has 0 aromatic heterocycles. The molecule has 5 nitrogen and oxygen atoms in total. The van der Waals surface area contributed by atoms with Crippen LogP contribution in [0, 0.1) is 0 Å². The number of benzene rings is 1. The molecule has 6 heteroatoms. The summed E-state index contributed by atoms with van der Waals surface area (Å²) in [5.41, 5.74) is 6.13. The van der Waals surface area contributed by atoms with E-state index in [0.717, 1.165) is 12.8 Å². The molecule has 1 aromatic carbocycles. The van der Waals surface area contributed by atoms with Crippen molar-refractivity contribution in [3.63, 3.8) is 0 Å². The normalized spacial score (nSPS) is 11.8. The molecule has 0 saturated carbocycles. The number of nitrogens with two attached hydrogens (primary N) is 1. The van der Waals surface area contributed by atoms with Crippen LogP contribution in [0.15, 0.2) is 18.2 Å². The fourth-order valence-electron chi connectivity index (χ4n) is 1.73. The number of esters is 1. The number of carbonyl (C=O) groups is 2. The van der Waals surface area contributed by atoms with Gasteiger partial charge < -0.3 is 15.8 Å². The first-order valence-corrected chi connectivity index (χ1v) is 6.83. The lowest BCUT2D eigenvalue weighted by Crippen LogP contribution is -2.35. The number of carbonyl (C=O) groups excluding carboxylic acids is 2. The van der Waals surface area contributed by atoms with Gasteiger partial charge in [-0.15, -0.1) is 0 Å². The number of rotatable bonds is 6. The van der Waals surface area contributed by atoms with E-state index in [1.807, 2.05) is 13.8 Å². The maximum atomic E-state index is 11.8. The molecule has 1 unspecified atom stereocenters. The first kappa shape index (κ1) is 16.3. The summed E-state index contributed by atoms with van der Waals surface area (Å²) in [5.74, 6) is -1.00. The average molecular weight is 299 g/mol. The van der Waals surface area contributed by atoms with Crippen LogP contribution in [0.4, 0.5) is 5.69 Å². The van der Waals surface area contributed by atoms with Crippen molar-refractivity contribution in [2.45, 2.75) is 32.7 Å². The zero-order valence-corrected chi connectivity index (χ0v) is 12.4. The molecule has 110 valence electrons. The van der Waals surface area contributed by atoms with E-state index in [4.69, 9.17) is 22.1 Å². The molecule has 0 heterocycles. The molecule has 0 fully saturated rings. The van der Waals surface area contributed by atoms with Gasteiger partial charge in [0.05, 0.1) is 10.6 Å². The van der Waals surface area contributed by atoms with Crippen molar-refractivity contribution in [1.29, 1.82) is 0 Å². The van der Waals surface area contributed by atoms with Gasteiger partial charge in [-0.05, 0) is 31.5 Å². The first-order chi connectivity index (χ1) is 9.43. The fraction of sp³-hybridized carbons (Fsp3) is 0.429. The molecular formula is C14H19ClN2O3. The lowest BCUT2D eigenvalue weighted by molar-refractivity contribution is -0.124. The van der Waals surface area contributed by atoms with Crippen molar-refractivity contribution in [2.24, 2.45) is 0 Å². The summed E-state index contributed by atoms with van der Waals surface area (Å²) < 4.78 is 4.91. The summed E-state index contributed by atoms with van der Waals surface area (Å²) in [5, 5.41) is 2.98. The lowest BCUT2D eigenvalue weighted by atomic mass is 10.2. The Morgan fingerprint density at radius 3 is 2.80 bits per heavy atom. The van der Waals surface area contributed by atoms with Gasteiger partial charge in [-0.1, -0.05) is 24.9 Å². The molecule has 1 atom stereocenters. The summed E-state index contributed by atoms with van der Waals surface area (Å²) in [7, 11) is 0. The lowest BCUT2D eigenvalue weighted by Gasteiger charge is -2.13. The Hall–Kier alpha value is -1.75. The third-order valence-corrected chi connectivity index (χ3v) is 3.00. The molecule has 0 bridgehead atoms. The molecule has 0 aliphatic carbocycles. The molecule has 0 aliphatic rings. The van der Waals surface area contributed by atoms with Crippen molar-refractivity contribution < 1.29 is 14.3 Å². The molecule has 3 N–H and O–H groups in total. The number of nitrogen functional groups attached to an aromatic ring is 1. The molecule has 1 rings (SSSR count). The molecule has 1 amide bonds. The third kappa shape index (κ3) is 5.09. The van der Waals surface area contributed by atoms with Crippen molar-refractivity contribution in [2.75, 3.05) is 12.3 Å². The van der Waals surface area contributed by atoms with Crippen LogP contribution in [0.25, 0.3) is 0 Å². The molecule has 0 radical (unpaired) electrons. The average Bonchev–Trinajstić information content (AvgIpc) is 2.39. The second-order valence-corrected chi connectivity index (χ2v) is 4.98. The maximum Gasteiger partial charge on any atom is 0.340 e. The van der Waals surface area contributed by atoms with Gasteiger partial charge in [0.15, 0.2) is 6.61 Å². The third-order valence-electron chi connectivity index (χ3n) is 2.67. The van der Waals surface area contributed by atoms with E-state index in [0.29, 0.717) is 5.69 Å². The fourth-order valence-corrected chi connectivity index (χ4v) is 1.92. The van der Waals surface area contributed by atoms with Gasteiger partial charge in [-0.3, -0.25) is 4.79 Å². The predicted octanol–water partition coefficient (Wildman–Crippen LogP) is 2.38. The number of hydrogen-bond donors (Lipinski definition) is 2. The van der Waals surface area contributed by atoms with Crippen LogP contribution in [0.3, 0.4) is 0 Å². The summed E-state index contributed by atoms with van der Waals surface area (Å²) in [6.45, 7) is 3.60. The first-order valence-electron chi connectivity index (χ1n) is 6.45. The van der Waals surface area contributed by atoms with Gasteiger partial charge in [0.2, 0.25) is 0 Å². The number of anilines is 1. The quantitative estimate of drug-likeness (QED) is 0.624. The van der Waals surface area contributed by atoms with Crippen LogP contribution in [-0.2, 0) is 9.53 Å². The van der Waals surface area contributed by atoms with Crippen molar-refractivity contribution in [3.05, 3.63) is 28.8 Å². The summed E-state index contributed by atoms with van der Waals surface area (Å²) in [4.78, 5) is 23.4. The highest BCUT2D eigenvalue weighted by Crippen LogP contribution is 2.19. The largest absolute Gasteiger partial charge is 0.452 e. The van der Waals surface area contributed by atoms with E-state index < -0.39 is 5.97 Å². The molecule has 0 saturated heterocycles. The smallest absolute Gasteiger partial charge is 0.340 e. The SMILES string of the molecule is CCCC(C)NC(=O)COC(=O)c1cc(N)ccc1Cl. The minimum atomic E-state index is -0.666.